The summed E-state index contributed by atoms with van der Waals surface area (Å²) in [6.45, 7) is 1.89. The Bertz CT molecular complexity index is 642. The van der Waals surface area contributed by atoms with E-state index >= 15 is 0 Å². The number of pyridine rings is 1. The maximum atomic E-state index is 12.4. The van der Waals surface area contributed by atoms with Crippen LogP contribution in [-0.4, -0.2) is 31.9 Å². The van der Waals surface area contributed by atoms with Crippen molar-refractivity contribution in [1.82, 2.24) is 19.4 Å². The number of aromatic nitrogens is 3. The van der Waals surface area contributed by atoms with E-state index in [9.17, 15) is 4.79 Å². The SMILES string of the molecule is O=C(c1cc(Br)cnc1Cl)N1CCn2ccnc2C1. The van der Waals surface area contributed by atoms with Gasteiger partial charge in [0.1, 0.15) is 11.0 Å². The van der Waals surface area contributed by atoms with Crippen LogP contribution in [0.5, 0.6) is 0 Å². The Labute approximate surface area is 123 Å². The number of hydrogen-bond acceptors (Lipinski definition) is 3. The van der Waals surface area contributed by atoms with Crippen LogP contribution in [0, 0.1) is 0 Å². The molecule has 0 saturated carbocycles. The number of rotatable bonds is 1. The van der Waals surface area contributed by atoms with Gasteiger partial charge in [-0.05, 0) is 22.0 Å². The molecule has 0 bridgehead atoms. The molecule has 0 fully saturated rings. The second kappa shape index (κ2) is 4.94. The summed E-state index contributed by atoms with van der Waals surface area (Å²) in [5.41, 5.74) is 0.413. The standard InChI is InChI=1S/C12H10BrClN4O/c13-8-5-9(11(14)16-6-8)12(19)18-4-3-17-2-1-15-10(17)7-18/h1-2,5-6H,3-4,7H2. The van der Waals surface area contributed by atoms with Gasteiger partial charge >= 0.3 is 0 Å². The number of hydrogen-bond donors (Lipinski definition) is 0. The number of nitrogens with zero attached hydrogens (tertiary/aromatic N) is 4. The number of carbonyl (C=O) groups is 1. The highest BCUT2D eigenvalue weighted by Crippen LogP contribution is 2.21. The van der Waals surface area contributed by atoms with E-state index in [2.05, 4.69) is 25.9 Å². The Balaban J connectivity index is 1.87. The van der Waals surface area contributed by atoms with E-state index in [-0.39, 0.29) is 11.1 Å². The van der Waals surface area contributed by atoms with Crippen LogP contribution in [0.2, 0.25) is 5.15 Å². The van der Waals surface area contributed by atoms with Crippen molar-refractivity contribution in [2.24, 2.45) is 0 Å². The minimum absolute atomic E-state index is 0.118. The zero-order valence-corrected chi connectivity index (χ0v) is 12.2. The average molecular weight is 342 g/mol. The Kier molecular flexibility index (Phi) is 3.28. The van der Waals surface area contributed by atoms with Gasteiger partial charge in [0, 0.05) is 36.2 Å². The first-order chi connectivity index (χ1) is 9.15. The summed E-state index contributed by atoms with van der Waals surface area (Å²) >= 11 is 9.29. The van der Waals surface area contributed by atoms with Crippen molar-refractivity contribution in [2.45, 2.75) is 13.1 Å². The molecule has 1 aliphatic heterocycles. The lowest BCUT2D eigenvalue weighted by molar-refractivity contribution is 0.0707. The normalized spacial score (nSPS) is 14.3. The van der Waals surface area contributed by atoms with Crippen LogP contribution < -0.4 is 0 Å². The zero-order chi connectivity index (χ0) is 13.4. The van der Waals surface area contributed by atoms with E-state index in [1.54, 1.807) is 23.4 Å². The first kappa shape index (κ1) is 12.6. The van der Waals surface area contributed by atoms with Gasteiger partial charge in [0.2, 0.25) is 0 Å². The van der Waals surface area contributed by atoms with E-state index in [0.717, 1.165) is 16.8 Å². The Morgan fingerprint density at radius 3 is 3.05 bits per heavy atom. The van der Waals surface area contributed by atoms with Gasteiger partial charge in [-0.15, -0.1) is 0 Å². The summed E-state index contributed by atoms with van der Waals surface area (Å²) in [6, 6.07) is 1.69. The monoisotopic (exact) mass is 340 g/mol. The van der Waals surface area contributed by atoms with Crippen LogP contribution in [0.15, 0.2) is 29.1 Å². The van der Waals surface area contributed by atoms with Crippen LogP contribution in [0.1, 0.15) is 16.2 Å². The van der Waals surface area contributed by atoms with Gasteiger partial charge in [-0.2, -0.15) is 0 Å². The number of carbonyl (C=O) groups excluding carboxylic acids is 1. The van der Waals surface area contributed by atoms with Crippen LogP contribution in [0.3, 0.4) is 0 Å². The molecule has 1 amide bonds. The molecule has 0 aromatic carbocycles. The molecule has 2 aromatic heterocycles. The lowest BCUT2D eigenvalue weighted by Gasteiger charge is -2.27. The van der Waals surface area contributed by atoms with Crippen molar-refractivity contribution in [3.05, 3.63) is 45.7 Å². The van der Waals surface area contributed by atoms with Crippen molar-refractivity contribution < 1.29 is 4.79 Å². The smallest absolute Gasteiger partial charge is 0.257 e. The van der Waals surface area contributed by atoms with Gasteiger partial charge < -0.3 is 9.47 Å². The summed E-state index contributed by atoms with van der Waals surface area (Å²) < 4.78 is 2.78. The summed E-state index contributed by atoms with van der Waals surface area (Å²) in [5.74, 6) is 0.770. The molecular weight excluding hydrogens is 332 g/mol. The zero-order valence-electron chi connectivity index (χ0n) is 9.88. The van der Waals surface area contributed by atoms with Crippen LogP contribution in [0.25, 0.3) is 0 Å². The minimum atomic E-state index is -0.118. The van der Waals surface area contributed by atoms with Crippen LogP contribution in [-0.2, 0) is 13.1 Å². The van der Waals surface area contributed by atoms with Crippen molar-refractivity contribution in [1.29, 1.82) is 0 Å². The fraction of sp³-hybridized carbons (Fsp3) is 0.250. The van der Waals surface area contributed by atoms with Crippen molar-refractivity contribution in [3.8, 4) is 0 Å². The van der Waals surface area contributed by atoms with Gasteiger partial charge in [0.15, 0.2) is 0 Å². The van der Waals surface area contributed by atoms with E-state index in [4.69, 9.17) is 11.6 Å². The Morgan fingerprint density at radius 1 is 1.37 bits per heavy atom. The van der Waals surface area contributed by atoms with E-state index < -0.39 is 0 Å². The molecule has 5 nitrogen and oxygen atoms in total. The average Bonchev–Trinajstić information content (AvgIpc) is 2.88. The van der Waals surface area contributed by atoms with Crippen molar-refractivity contribution in [2.75, 3.05) is 6.54 Å². The van der Waals surface area contributed by atoms with Crippen molar-refractivity contribution >= 4 is 33.4 Å². The number of fused-ring (bicyclic) bond motifs is 1. The third kappa shape index (κ3) is 2.37. The van der Waals surface area contributed by atoms with Gasteiger partial charge in [0.05, 0.1) is 12.1 Å². The molecule has 19 heavy (non-hydrogen) atoms. The highest BCUT2D eigenvalue weighted by molar-refractivity contribution is 9.10. The molecule has 7 heteroatoms. The summed E-state index contributed by atoms with van der Waals surface area (Å²) in [6.07, 6.45) is 5.24. The molecule has 1 aliphatic rings. The highest BCUT2D eigenvalue weighted by Gasteiger charge is 2.24. The van der Waals surface area contributed by atoms with Crippen LogP contribution >= 0.6 is 27.5 Å². The number of halogens is 2. The molecule has 0 aliphatic carbocycles. The molecular formula is C12H10BrClN4O. The van der Waals surface area contributed by atoms with E-state index in [1.165, 1.54) is 0 Å². The van der Waals surface area contributed by atoms with Crippen molar-refractivity contribution in [3.63, 3.8) is 0 Å². The van der Waals surface area contributed by atoms with Crippen LogP contribution in [0.4, 0.5) is 0 Å². The third-order valence-corrected chi connectivity index (χ3v) is 3.80. The number of amides is 1. The minimum Gasteiger partial charge on any atom is -0.332 e. The van der Waals surface area contributed by atoms with Gasteiger partial charge in [0.25, 0.3) is 5.91 Å². The lowest BCUT2D eigenvalue weighted by atomic mass is 10.2. The molecule has 98 valence electrons. The fourth-order valence-electron chi connectivity index (χ4n) is 2.09. The Hall–Kier alpha value is -1.40. The second-order valence-corrected chi connectivity index (χ2v) is 5.53. The lowest BCUT2D eigenvalue weighted by Crippen LogP contribution is -2.38. The van der Waals surface area contributed by atoms with Gasteiger partial charge in [-0.25, -0.2) is 9.97 Å². The topological polar surface area (TPSA) is 51.0 Å². The first-order valence-electron chi connectivity index (χ1n) is 5.75. The molecule has 0 spiro atoms. The molecule has 2 aromatic rings. The summed E-state index contributed by atoms with van der Waals surface area (Å²) in [7, 11) is 0. The largest absolute Gasteiger partial charge is 0.332 e. The molecule has 3 rings (SSSR count). The maximum Gasteiger partial charge on any atom is 0.257 e. The predicted octanol–water partition coefficient (Wildman–Crippen LogP) is 2.35. The first-order valence-corrected chi connectivity index (χ1v) is 6.92. The predicted molar refractivity (Wildman–Crippen MR) is 73.9 cm³/mol. The third-order valence-electron chi connectivity index (χ3n) is 3.07. The highest BCUT2D eigenvalue weighted by atomic mass is 79.9. The molecule has 3 heterocycles. The van der Waals surface area contributed by atoms with Gasteiger partial charge in [-0.1, -0.05) is 11.6 Å². The maximum absolute atomic E-state index is 12.4. The fourth-order valence-corrected chi connectivity index (χ4v) is 2.61. The molecule has 0 saturated heterocycles. The summed E-state index contributed by atoms with van der Waals surface area (Å²) in [5, 5.41) is 0.224. The Morgan fingerprint density at radius 2 is 2.21 bits per heavy atom. The second-order valence-electron chi connectivity index (χ2n) is 4.26. The van der Waals surface area contributed by atoms with E-state index in [0.29, 0.717) is 18.7 Å². The molecule has 0 atom stereocenters. The quantitative estimate of drug-likeness (QED) is 0.748. The molecule has 0 unspecified atom stereocenters. The summed E-state index contributed by atoms with van der Waals surface area (Å²) in [4.78, 5) is 22.4. The molecule has 0 N–H and O–H groups in total. The number of imidazole rings is 1. The van der Waals surface area contributed by atoms with Gasteiger partial charge in [-0.3, -0.25) is 4.79 Å². The molecule has 0 radical (unpaired) electrons. The van der Waals surface area contributed by atoms with E-state index in [1.807, 2.05) is 10.8 Å².